The highest BCUT2D eigenvalue weighted by Gasteiger charge is 2.14. The predicted molar refractivity (Wildman–Crippen MR) is 90.5 cm³/mol. The van der Waals surface area contributed by atoms with Crippen LogP contribution in [0.3, 0.4) is 0 Å². The molecule has 0 spiro atoms. The van der Waals surface area contributed by atoms with E-state index in [1.807, 2.05) is 61.5 Å². The van der Waals surface area contributed by atoms with Crippen LogP contribution in [0.5, 0.6) is 0 Å². The molecule has 112 valence electrons. The van der Waals surface area contributed by atoms with E-state index < -0.39 is 0 Å². The first-order valence-corrected chi connectivity index (χ1v) is 7.33. The van der Waals surface area contributed by atoms with Crippen molar-refractivity contribution >= 4 is 33.5 Å². The number of rotatable bonds is 2. The molecule has 2 N–H and O–H groups in total. The molecule has 0 saturated heterocycles. The number of benzene rings is 2. The number of pyridine rings is 1. The first-order valence-electron chi connectivity index (χ1n) is 7.33. The van der Waals surface area contributed by atoms with Gasteiger partial charge >= 0.3 is 0 Å². The molecule has 0 bridgehead atoms. The van der Waals surface area contributed by atoms with Gasteiger partial charge in [0.2, 0.25) is 0 Å². The van der Waals surface area contributed by atoms with Crippen LogP contribution in [-0.4, -0.2) is 21.1 Å². The quantitative estimate of drug-likeness (QED) is 0.593. The molecule has 5 heteroatoms. The van der Waals surface area contributed by atoms with Crippen LogP contribution >= 0.6 is 0 Å². The van der Waals surface area contributed by atoms with Crippen molar-refractivity contribution in [3.05, 3.63) is 65.9 Å². The smallest absolute Gasteiger partial charge is 0.257 e. The van der Waals surface area contributed by atoms with E-state index in [-0.39, 0.29) is 5.91 Å². The number of hydrogen-bond acceptors (Lipinski definition) is 3. The molecule has 0 aliphatic heterocycles. The molecule has 2 aromatic heterocycles. The number of fused-ring (bicyclic) bond motifs is 2. The average molecular weight is 302 g/mol. The fourth-order valence-corrected chi connectivity index (χ4v) is 2.70. The summed E-state index contributed by atoms with van der Waals surface area (Å²) in [6.07, 6.45) is 0. The van der Waals surface area contributed by atoms with E-state index in [9.17, 15) is 4.79 Å². The van der Waals surface area contributed by atoms with Gasteiger partial charge in [-0.25, -0.2) is 4.98 Å². The minimum Gasteiger partial charge on any atom is -0.304 e. The normalized spacial score (nSPS) is 11.0. The van der Waals surface area contributed by atoms with Gasteiger partial charge < -0.3 is 5.32 Å². The Labute approximate surface area is 132 Å². The number of H-pyrrole nitrogens is 1. The number of nitrogens with zero attached hydrogens (tertiary/aromatic N) is 2. The summed E-state index contributed by atoms with van der Waals surface area (Å²) in [5.74, 6) is 0.307. The van der Waals surface area contributed by atoms with E-state index in [1.165, 1.54) is 0 Å². The maximum Gasteiger partial charge on any atom is 0.257 e. The second-order valence-corrected chi connectivity index (χ2v) is 5.40. The third kappa shape index (κ3) is 2.32. The number of hydrogen-bond donors (Lipinski definition) is 2. The van der Waals surface area contributed by atoms with Gasteiger partial charge in [0.05, 0.1) is 5.39 Å². The maximum atomic E-state index is 12.7. The van der Waals surface area contributed by atoms with E-state index in [0.29, 0.717) is 17.0 Å². The third-order valence-electron chi connectivity index (χ3n) is 3.83. The van der Waals surface area contributed by atoms with Crippen LogP contribution in [0.25, 0.3) is 21.8 Å². The highest BCUT2D eigenvalue weighted by molar-refractivity contribution is 6.14. The SMILES string of the molecule is Cc1ccc2c(NC(=O)c3cccc4ccccc34)n[nH]c2n1. The lowest BCUT2D eigenvalue weighted by molar-refractivity contribution is 0.102. The molecule has 2 heterocycles. The van der Waals surface area contributed by atoms with Crippen molar-refractivity contribution < 1.29 is 4.79 Å². The van der Waals surface area contributed by atoms with Gasteiger partial charge in [-0.2, -0.15) is 5.10 Å². The molecule has 23 heavy (non-hydrogen) atoms. The summed E-state index contributed by atoms with van der Waals surface area (Å²) in [4.78, 5) is 17.0. The molecule has 1 amide bonds. The first kappa shape index (κ1) is 13.5. The molecule has 0 aliphatic rings. The molecule has 0 unspecified atom stereocenters. The Kier molecular flexibility index (Phi) is 3.05. The molecule has 5 nitrogen and oxygen atoms in total. The monoisotopic (exact) mass is 302 g/mol. The topological polar surface area (TPSA) is 70.7 Å². The van der Waals surface area contributed by atoms with Crippen LogP contribution in [0, 0.1) is 6.92 Å². The molecular weight excluding hydrogens is 288 g/mol. The summed E-state index contributed by atoms with van der Waals surface area (Å²) in [7, 11) is 0. The zero-order valence-electron chi connectivity index (χ0n) is 12.5. The number of aromatic amines is 1. The minimum absolute atomic E-state index is 0.184. The molecule has 0 fully saturated rings. The summed E-state index contributed by atoms with van der Waals surface area (Å²) in [5.41, 5.74) is 2.19. The average Bonchev–Trinajstić information content (AvgIpc) is 2.96. The Morgan fingerprint density at radius 2 is 1.83 bits per heavy atom. The number of nitrogens with one attached hydrogen (secondary N) is 2. The zero-order chi connectivity index (χ0) is 15.8. The van der Waals surface area contributed by atoms with Crippen LogP contribution in [0.2, 0.25) is 0 Å². The number of anilines is 1. The van der Waals surface area contributed by atoms with Crippen LogP contribution in [0.1, 0.15) is 16.1 Å². The van der Waals surface area contributed by atoms with Crippen molar-refractivity contribution in [3.8, 4) is 0 Å². The number of carbonyl (C=O) groups excluding carboxylic acids is 1. The number of amides is 1. The molecule has 0 atom stereocenters. The minimum atomic E-state index is -0.184. The summed E-state index contributed by atoms with van der Waals surface area (Å²) in [5, 5.41) is 12.6. The molecule has 4 rings (SSSR count). The Bertz CT molecular complexity index is 1030. The number of carbonyl (C=O) groups is 1. The number of aromatic nitrogens is 3. The van der Waals surface area contributed by atoms with E-state index in [2.05, 4.69) is 20.5 Å². The van der Waals surface area contributed by atoms with E-state index in [0.717, 1.165) is 21.9 Å². The van der Waals surface area contributed by atoms with Crippen LogP contribution in [-0.2, 0) is 0 Å². The van der Waals surface area contributed by atoms with Crippen molar-refractivity contribution in [1.82, 2.24) is 15.2 Å². The number of aryl methyl sites for hydroxylation is 1. The predicted octanol–water partition coefficient (Wildman–Crippen LogP) is 3.67. The third-order valence-corrected chi connectivity index (χ3v) is 3.83. The lowest BCUT2D eigenvalue weighted by Crippen LogP contribution is -2.12. The van der Waals surface area contributed by atoms with Gasteiger partial charge in [0.25, 0.3) is 5.91 Å². The van der Waals surface area contributed by atoms with Crippen molar-refractivity contribution in [3.63, 3.8) is 0 Å². The van der Waals surface area contributed by atoms with Crippen LogP contribution in [0.15, 0.2) is 54.6 Å². The van der Waals surface area contributed by atoms with Crippen molar-refractivity contribution in [2.75, 3.05) is 5.32 Å². The van der Waals surface area contributed by atoms with Gasteiger partial charge in [0.15, 0.2) is 11.5 Å². The Morgan fingerprint density at radius 3 is 2.74 bits per heavy atom. The summed E-state index contributed by atoms with van der Waals surface area (Å²) < 4.78 is 0. The van der Waals surface area contributed by atoms with Gasteiger partial charge in [-0.1, -0.05) is 36.4 Å². The molecule has 4 aromatic rings. The largest absolute Gasteiger partial charge is 0.304 e. The van der Waals surface area contributed by atoms with E-state index in [1.54, 1.807) is 0 Å². The molecule has 0 saturated carbocycles. The molecule has 2 aromatic carbocycles. The van der Waals surface area contributed by atoms with Crippen molar-refractivity contribution in [2.45, 2.75) is 6.92 Å². The molecule has 0 aliphatic carbocycles. The highest BCUT2D eigenvalue weighted by atomic mass is 16.1. The summed E-state index contributed by atoms with van der Waals surface area (Å²) in [6, 6.07) is 17.3. The van der Waals surface area contributed by atoms with Gasteiger partial charge in [0.1, 0.15) is 0 Å². The van der Waals surface area contributed by atoms with Crippen molar-refractivity contribution in [2.24, 2.45) is 0 Å². The fraction of sp³-hybridized carbons (Fsp3) is 0.0556. The lowest BCUT2D eigenvalue weighted by atomic mass is 10.0. The first-order chi connectivity index (χ1) is 11.2. The zero-order valence-corrected chi connectivity index (χ0v) is 12.5. The lowest BCUT2D eigenvalue weighted by Gasteiger charge is -2.06. The van der Waals surface area contributed by atoms with Gasteiger partial charge in [-0.3, -0.25) is 9.89 Å². The second-order valence-electron chi connectivity index (χ2n) is 5.40. The molecular formula is C18H14N4O. The van der Waals surface area contributed by atoms with E-state index >= 15 is 0 Å². The summed E-state index contributed by atoms with van der Waals surface area (Å²) >= 11 is 0. The Balaban J connectivity index is 1.74. The second kappa shape index (κ2) is 5.21. The van der Waals surface area contributed by atoms with Gasteiger partial charge in [0, 0.05) is 11.3 Å². The fourth-order valence-electron chi connectivity index (χ4n) is 2.70. The Morgan fingerprint density at radius 1 is 1.00 bits per heavy atom. The van der Waals surface area contributed by atoms with Crippen LogP contribution < -0.4 is 5.32 Å². The summed E-state index contributed by atoms with van der Waals surface area (Å²) in [6.45, 7) is 1.91. The van der Waals surface area contributed by atoms with Gasteiger partial charge in [-0.05, 0) is 35.9 Å². The van der Waals surface area contributed by atoms with Crippen LogP contribution in [0.4, 0.5) is 5.82 Å². The molecule has 0 radical (unpaired) electrons. The standard InChI is InChI=1S/C18H14N4O/c1-11-9-10-15-16(19-11)21-22-17(15)20-18(23)14-8-4-6-12-5-2-3-7-13(12)14/h2-10H,1H3,(H2,19,20,21,22,23). The Hall–Kier alpha value is -3.21. The van der Waals surface area contributed by atoms with Crippen molar-refractivity contribution in [1.29, 1.82) is 0 Å². The van der Waals surface area contributed by atoms with E-state index in [4.69, 9.17) is 0 Å². The maximum absolute atomic E-state index is 12.7. The van der Waals surface area contributed by atoms with Gasteiger partial charge in [-0.15, -0.1) is 0 Å². The highest BCUT2D eigenvalue weighted by Crippen LogP contribution is 2.22.